The van der Waals surface area contributed by atoms with E-state index in [1.165, 1.54) is 12.7 Å². The molecule has 0 unspecified atom stereocenters. The van der Waals surface area contributed by atoms with Crippen LogP contribution in [0.15, 0.2) is 30.3 Å². The Hall–Kier alpha value is -1.55. The highest BCUT2D eigenvalue weighted by Gasteiger charge is 1.98. The fraction of sp³-hybridized carbons (Fsp3) is 0.364. The summed E-state index contributed by atoms with van der Waals surface area (Å²) in [5, 5.41) is 0. The van der Waals surface area contributed by atoms with Crippen LogP contribution in [0.5, 0.6) is 0 Å². The van der Waals surface area contributed by atoms with Crippen molar-refractivity contribution in [3.05, 3.63) is 35.9 Å². The molecule has 4 nitrogen and oxygen atoms in total. The predicted octanol–water partition coefficient (Wildman–Crippen LogP) is 1.99. The van der Waals surface area contributed by atoms with Crippen molar-refractivity contribution in [2.24, 2.45) is 0 Å². The first kappa shape index (κ1) is 11.5. The minimum absolute atomic E-state index is 0.0699. The van der Waals surface area contributed by atoms with Crippen LogP contribution in [0.3, 0.4) is 0 Å². The van der Waals surface area contributed by atoms with Gasteiger partial charge in [-0.15, -0.1) is 0 Å². The highest BCUT2D eigenvalue weighted by Crippen LogP contribution is 1.99. The molecule has 0 aliphatic carbocycles. The normalized spacial score (nSPS) is 9.67. The maximum Gasteiger partial charge on any atom is 0.510 e. The van der Waals surface area contributed by atoms with E-state index in [1.54, 1.807) is 0 Å². The van der Waals surface area contributed by atoms with Crippen LogP contribution in [0.4, 0.5) is 4.79 Å². The maximum atomic E-state index is 10.5. The molecule has 15 heavy (non-hydrogen) atoms. The van der Waals surface area contributed by atoms with E-state index in [2.05, 4.69) is 9.47 Å². The number of methoxy groups -OCH3 is 1. The number of carbonyl (C=O) groups is 1. The minimum atomic E-state index is -0.727. The van der Waals surface area contributed by atoms with Crippen LogP contribution in [-0.4, -0.2) is 26.7 Å². The average Bonchev–Trinajstić information content (AvgIpc) is 2.29. The van der Waals surface area contributed by atoms with E-state index in [9.17, 15) is 4.79 Å². The summed E-state index contributed by atoms with van der Waals surface area (Å²) in [4.78, 5) is 10.5. The monoisotopic (exact) mass is 210 g/mol. The van der Waals surface area contributed by atoms with Gasteiger partial charge in [0.05, 0.1) is 13.7 Å². The smallest absolute Gasteiger partial charge is 0.438 e. The van der Waals surface area contributed by atoms with Crippen LogP contribution in [-0.2, 0) is 20.6 Å². The zero-order valence-corrected chi connectivity index (χ0v) is 8.64. The topological polar surface area (TPSA) is 44.8 Å². The van der Waals surface area contributed by atoms with Gasteiger partial charge in [-0.25, -0.2) is 4.79 Å². The van der Waals surface area contributed by atoms with E-state index in [-0.39, 0.29) is 6.79 Å². The van der Waals surface area contributed by atoms with Gasteiger partial charge in [0.2, 0.25) is 0 Å². The van der Waals surface area contributed by atoms with E-state index in [0.29, 0.717) is 6.61 Å². The zero-order chi connectivity index (χ0) is 10.9. The van der Waals surface area contributed by atoms with E-state index >= 15 is 0 Å². The summed E-state index contributed by atoms with van der Waals surface area (Å²) in [6, 6.07) is 9.94. The molecule has 1 aromatic carbocycles. The van der Waals surface area contributed by atoms with Gasteiger partial charge in [0.1, 0.15) is 0 Å². The number of rotatable bonds is 5. The molecule has 0 N–H and O–H groups in total. The number of benzene rings is 1. The Labute approximate surface area is 88.8 Å². The van der Waals surface area contributed by atoms with Crippen LogP contribution in [0, 0.1) is 0 Å². The van der Waals surface area contributed by atoms with Crippen molar-refractivity contribution in [1.29, 1.82) is 0 Å². The lowest BCUT2D eigenvalue weighted by Gasteiger charge is -2.04. The van der Waals surface area contributed by atoms with E-state index in [1.807, 2.05) is 30.3 Å². The van der Waals surface area contributed by atoms with Crippen LogP contribution in [0.1, 0.15) is 5.56 Å². The van der Waals surface area contributed by atoms with Gasteiger partial charge in [0, 0.05) is 0 Å². The average molecular weight is 210 g/mol. The molecule has 0 amide bonds. The van der Waals surface area contributed by atoms with Crippen molar-refractivity contribution in [3.8, 4) is 0 Å². The third-order valence-corrected chi connectivity index (χ3v) is 1.80. The molecule has 0 spiro atoms. The van der Waals surface area contributed by atoms with Gasteiger partial charge in [-0.05, 0) is 12.0 Å². The third-order valence-electron chi connectivity index (χ3n) is 1.80. The van der Waals surface area contributed by atoms with Crippen LogP contribution >= 0.6 is 0 Å². The molecule has 4 heteroatoms. The molecule has 0 heterocycles. The van der Waals surface area contributed by atoms with Gasteiger partial charge in [-0.3, -0.25) is 0 Å². The van der Waals surface area contributed by atoms with Gasteiger partial charge in [-0.2, -0.15) is 0 Å². The lowest BCUT2D eigenvalue weighted by atomic mass is 10.2. The van der Waals surface area contributed by atoms with Gasteiger partial charge < -0.3 is 14.2 Å². The van der Waals surface area contributed by atoms with E-state index in [0.717, 1.165) is 6.42 Å². The number of ether oxygens (including phenoxy) is 3. The van der Waals surface area contributed by atoms with Gasteiger partial charge >= 0.3 is 6.16 Å². The summed E-state index contributed by atoms with van der Waals surface area (Å²) in [6.07, 6.45) is 0.0699. The van der Waals surface area contributed by atoms with Crippen molar-refractivity contribution in [3.63, 3.8) is 0 Å². The highest BCUT2D eigenvalue weighted by atomic mass is 16.8. The molecule has 0 saturated carbocycles. The molecule has 1 rings (SSSR count). The summed E-state index contributed by atoms with van der Waals surface area (Å²) < 4.78 is 13.9. The first-order valence-electron chi connectivity index (χ1n) is 4.65. The zero-order valence-electron chi connectivity index (χ0n) is 8.64. The fourth-order valence-electron chi connectivity index (χ4n) is 1.04. The quantitative estimate of drug-likeness (QED) is 0.423. The summed E-state index contributed by atoms with van der Waals surface area (Å²) >= 11 is 0. The van der Waals surface area contributed by atoms with Gasteiger partial charge in [0.15, 0.2) is 6.79 Å². The number of carbonyl (C=O) groups excluding carboxylic acids is 1. The second-order valence-corrected chi connectivity index (χ2v) is 2.86. The highest BCUT2D eigenvalue weighted by molar-refractivity contribution is 5.59. The van der Waals surface area contributed by atoms with Crippen LogP contribution < -0.4 is 0 Å². The first-order valence-corrected chi connectivity index (χ1v) is 4.65. The molecule has 0 radical (unpaired) electrons. The van der Waals surface area contributed by atoms with E-state index in [4.69, 9.17) is 4.74 Å². The molecule has 0 aromatic heterocycles. The third kappa shape index (κ3) is 5.02. The molecule has 0 saturated heterocycles. The maximum absolute atomic E-state index is 10.5. The molecular formula is C11H14O4. The van der Waals surface area contributed by atoms with Crippen molar-refractivity contribution >= 4 is 6.16 Å². The second kappa shape index (κ2) is 6.84. The lowest BCUT2D eigenvalue weighted by Crippen LogP contribution is -2.09. The first-order chi connectivity index (χ1) is 7.33. The van der Waals surface area contributed by atoms with Crippen LogP contribution in [0.2, 0.25) is 0 Å². The van der Waals surface area contributed by atoms with Crippen molar-refractivity contribution in [2.45, 2.75) is 6.42 Å². The van der Waals surface area contributed by atoms with Gasteiger partial charge in [0.25, 0.3) is 0 Å². The molecule has 0 fully saturated rings. The molecule has 82 valence electrons. The Morgan fingerprint density at radius 2 is 2.00 bits per heavy atom. The lowest BCUT2D eigenvalue weighted by molar-refractivity contribution is -0.0383. The summed E-state index contributed by atoms with van der Waals surface area (Å²) in [5.74, 6) is 0. The Balaban J connectivity index is 2.05. The van der Waals surface area contributed by atoms with Crippen LogP contribution in [0.25, 0.3) is 0 Å². The molecule has 0 bridgehead atoms. The second-order valence-electron chi connectivity index (χ2n) is 2.86. The Morgan fingerprint density at radius 3 is 2.67 bits per heavy atom. The van der Waals surface area contributed by atoms with Crippen molar-refractivity contribution in [1.82, 2.24) is 0 Å². The number of hydrogen-bond donors (Lipinski definition) is 0. The van der Waals surface area contributed by atoms with E-state index < -0.39 is 6.16 Å². The Kier molecular flexibility index (Phi) is 5.25. The Morgan fingerprint density at radius 1 is 1.27 bits per heavy atom. The summed E-state index contributed by atoms with van der Waals surface area (Å²) in [6.45, 7) is 0.445. The predicted molar refractivity (Wildman–Crippen MR) is 54.5 cm³/mol. The summed E-state index contributed by atoms with van der Waals surface area (Å²) in [5.41, 5.74) is 1.19. The molecule has 0 aliphatic heterocycles. The molecule has 0 atom stereocenters. The SMILES string of the molecule is COC(=O)OCOCCc1ccccc1. The number of hydrogen-bond acceptors (Lipinski definition) is 4. The largest absolute Gasteiger partial charge is 0.510 e. The molecule has 1 aromatic rings. The standard InChI is InChI=1S/C11H14O4/c1-13-11(12)15-9-14-8-7-10-5-3-2-4-6-10/h2-6H,7-9H2,1H3. The molecule has 0 aliphatic rings. The van der Waals surface area contributed by atoms with Gasteiger partial charge in [-0.1, -0.05) is 30.3 Å². The molecular weight excluding hydrogens is 196 g/mol. The van der Waals surface area contributed by atoms with Crippen molar-refractivity contribution < 1.29 is 19.0 Å². The minimum Gasteiger partial charge on any atom is -0.438 e. The fourth-order valence-corrected chi connectivity index (χ4v) is 1.04. The summed E-state index contributed by atoms with van der Waals surface area (Å²) in [7, 11) is 1.26. The Bertz CT molecular complexity index is 284. The van der Waals surface area contributed by atoms with Crippen molar-refractivity contribution in [2.75, 3.05) is 20.5 Å².